The van der Waals surface area contributed by atoms with E-state index in [1.807, 2.05) is 47.8 Å². The Morgan fingerprint density at radius 2 is 1.91 bits per heavy atom. The maximum absolute atomic E-state index is 12.3. The lowest BCUT2D eigenvalue weighted by molar-refractivity contribution is 1.28. The zero-order valence-electron chi connectivity index (χ0n) is 12.0. The minimum Gasteiger partial charge on any atom is -0.331 e. The molecule has 0 aliphatic carbocycles. The van der Waals surface area contributed by atoms with Crippen LogP contribution in [0.4, 0.5) is 10.8 Å². The van der Waals surface area contributed by atoms with Gasteiger partial charge in [0.2, 0.25) is 0 Å². The van der Waals surface area contributed by atoms with E-state index in [2.05, 4.69) is 20.3 Å². The maximum atomic E-state index is 12.3. The number of pyridine rings is 2. The number of nitrogens with zero attached hydrogens (tertiary/aromatic N) is 2. The standard InChI is InChI=1S/C17H12N4OS/c22-16-13(9-11-3-1-2-4-14(11)20-16)15-10-23-17(21-15)19-12-5-7-18-8-6-12/h1-10H,(H,20,22)(H,18,19,21). The molecule has 0 spiro atoms. The van der Waals surface area contributed by atoms with E-state index in [4.69, 9.17) is 0 Å². The van der Waals surface area contributed by atoms with Crippen molar-refractivity contribution in [3.8, 4) is 11.3 Å². The number of thiazole rings is 1. The minimum atomic E-state index is -0.135. The van der Waals surface area contributed by atoms with Crippen LogP contribution in [0.1, 0.15) is 0 Å². The Bertz CT molecular complexity index is 1020. The Morgan fingerprint density at radius 1 is 1.09 bits per heavy atom. The number of nitrogens with one attached hydrogen (secondary N) is 2. The molecule has 1 aromatic carbocycles. The Hall–Kier alpha value is -2.99. The summed E-state index contributed by atoms with van der Waals surface area (Å²) in [6.45, 7) is 0. The molecule has 0 bridgehead atoms. The molecule has 0 fully saturated rings. The van der Waals surface area contributed by atoms with E-state index in [1.54, 1.807) is 12.4 Å². The van der Waals surface area contributed by atoms with Gasteiger partial charge in [0.1, 0.15) is 0 Å². The van der Waals surface area contributed by atoms with Crippen molar-refractivity contribution in [2.24, 2.45) is 0 Å². The number of hydrogen-bond acceptors (Lipinski definition) is 5. The van der Waals surface area contributed by atoms with Crippen molar-refractivity contribution in [2.75, 3.05) is 5.32 Å². The fraction of sp³-hybridized carbons (Fsp3) is 0. The quantitative estimate of drug-likeness (QED) is 0.602. The molecule has 0 amide bonds. The zero-order chi connectivity index (χ0) is 15.6. The van der Waals surface area contributed by atoms with Crippen LogP contribution in [-0.4, -0.2) is 15.0 Å². The second kappa shape index (κ2) is 5.66. The fourth-order valence-electron chi connectivity index (χ4n) is 2.35. The van der Waals surface area contributed by atoms with Crippen molar-refractivity contribution in [1.82, 2.24) is 15.0 Å². The molecular formula is C17H12N4OS. The lowest BCUT2D eigenvalue weighted by atomic mass is 10.1. The van der Waals surface area contributed by atoms with E-state index >= 15 is 0 Å². The van der Waals surface area contributed by atoms with Crippen molar-refractivity contribution < 1.29 is 0 Å². The maximum Gasteiger partial charge on any atom is 0.257 e. The molecule has 6 heteroatoms. The van der Waals surface area contributed by atoms with Crippen LogP contribution >= 0.6 is 11.3 Å². The lowest BCUT2D eigenvalue weighted by Gasteiger charge is -2.02. The summed E-state index contributed by atoms with van der Waals surface area (Å²) in [5.41, 5.74) is 2.84. The fourth-order valence-corrected chi connectivity index (χ4v) is 3.08. The molecule has 112 valence electrons. The second-order valence-electron chi connectivity index (χ2n) is 5.00. The van der Waals surface area contributed by atoms with Gasteiger partial charge in [-0.25, -0.2) is 4.98 Å². The third-order valence-electron chi connectivity index (χ3n) is 3.47. The summed E-state index contributed by atoms with van der Waals surface area (Å²) in [5.74, 6) is 0. The van der Waals surface area contributed by atoms with E-state index < -0.39 is 0 Å². The number of benzene rings is 1. The summed E-state index contributed by atoms with van der Waals surface area (Å²) in [6, 6.07) is 13.3. The molecule has 0 atom stereocenters. The Morgan fingerprint density at radius 3 is 2.78 bits per heavy atom. The van der Waals surface area contributed by atoms with Crippen molar-refractivity contribution in [2.45, 2.75) is 0 Å². The lowest BCUT2D eigenvalue weighted by Crippen LogP contribution is -2.08. The third-order valence-corrected chi connectivity index (χ3v) is 4.22. The van der Waals surface area contributed by atoms with Gasteiger partial charge >= 0.3 is 0 Å². The topological polar surface area (TPSA) is 70.7 Å². The summed E-state index contributed by atoms with van der Waals surface area (Å²) in [7, 11) is 0. The van der Waals surface area contributed by atoms with Gasteiger partial charge in [-0.1, -0.05) is 18.2 Å². The number of hydrogen-bond donors (Lipinski definition) is 2. The monoisotopic (exact) mass is 320 g/mol. The van der Waals surface area contributed by atoms with Crippen LogP contribution in [0.2, 0.25) is 0 Å². The van der Waals surface area contributed by atoms with Gasteiger partial charge < -0.3 is 10.3 Å². The largest absolute Gasteiger partial charge is 0.331 e. The normalized spacial score (nSPS) is 10.8. The first-order chi connectivity index (χ1) is 11.3. The highest BCUT2D eigenvalue weighted by Crippen LogP contribution is 2.26. The number of fused-ring (bicyclic) bond motifs is 1. The molecule has 3 aromatic heterocycles. The average molecular weight is 320 g/mol. The number of aromatic nitrogens is 3. The van der Waals surface area contributed by atoms with Crippen molar-refractivity contribution in [3.63, 3.8) is 0 Å². The van der Waals surface area contributed by atoms with E-state index in [0.717, 1.165) is 21.7 Å². The molecule has 0 saturated heterocycles. The first-order valence-electron chi connectivity index (χ1n) is 7.04. The van der Waals surface area contributed by atoms with Crippen molar-refractivity contribution in [3.05, 3.63) is 70.6 Å². The van der Waals surface area contributed by atoms with Crippen LogP contribution in [0.5, 0.6) is 0 Å². The highest BCUT2D eigenvalue weighted by atomic mass is 32.1. The van der Waals surface area contributed by atoms with Gasteiger partial charge in [0.15, 0.2) is 5.13 Å². The number of para-hydroxylation sites is 1. The van der Waals surface area contributed by atoms with Crippen LogP contribution in [-0.2, 0) is 0 Å². The molecule has 23 heavy (non-hydrogen) atoms. The molecule has 4 aromatic rings. The van der Waals surface area contributed by atoms with Gasteiger partial charge in [-0.3, -0.25) is 9.78 Å². The van der Waals surface area contributed by atoms with Crippen LogP contribution in [0.25, 0.3) is 22.2 Å². The molecule has 2 N–H and O–H groups in total. The summed E-state index contributed by atoms with van der Waals surface area (Å²) in [5, 5.41) is 6.80. The molecule has 3 heterocycles. The van der Waals surface area contributed by atoms with E-state index in [9.17, 15) is 4.79 Å². The highest BCUT2D eigenvalue weighted by molar-refractivity contribution is 7.14. The van der Waals surface area contributed by atoms with E-state index in [0.29, 0.717) is 11.3 Å². The summed E-state index contributed by atoms with van der Waals surface area (Å²) < 4.78 is 0. The van der Waals surface area contributed by atoms with E-state index in [1.165, 1.54) is 11.3 Å². The van der Waals surface area contributed by atoms with Crippen LogP contribution in [0.3, 0.4) is 0 Å². The number of H-pyrrole nitrogens is 1. The van der Waals surface area contributed by atoms with Crippen molar-refractivity contribution >= 4 is 33.1 Å². The first kappa shape index (κ1) is 13.7. The predicted molar refractivity (Wildman–Crippen MR) is 93.2 cm³/mol. The second-order valence-corrected chi connectivity index (χ2v) is 5.86. The summed E-state index contributed by atoms with van der Waals surface area (Å²) in [6.07, 6.45) is 3.43. The molecule has 0 radical (unpaired) electrons. The first-order valence-corrected chi connectivity index (χ1v) is 7.92. The third kappa shape index (κ3) is 2.72. The Balaban J connectivity index is 1.71. The minimum absolute atomic E-state index is 0.135. The summed E-state index contributed by atoms with van der Waals surface area (Å²) in [4.78, 5) is 23.7. The van der Waals surface area contributed by atoms with Crippen LogP contribution in [0.15, 0.2) is 65.0 Å². The number of aromatic amines is 1. The molecule has 0 aliphatic heterocycles. The average Bonchev–Trinajstić information content (AvgIpc) is 3.03. The van der Waals surface area contributed by atoms with Crippen LogP contribution in [0, 0.1) is 0 Å². The molecular weight excluding hydrogens is 308 g/mol. The van der Waals surface area contributed by atoms with Gasteiger partial charge in [0.25, 0.3) is 5.56 Å². The molecule has 4 rings (SSSR count). The number of anilines is 2. The Labute approximate surface area is 135 Å². The number of rotatable bonds is 3. The summed E-state index contributed by atoms with van der Waals surface area (Å²) >= 11 is 1.46. The van der Waals surface area contributed by atoms with Gasteiger partial charge in [-0.15, -0.1) is 11.3 Å². The van der Waals surface area contributed by atoms with E-state index in [-0.39, 0.29) is 5.56 Å². The van der Waals surface area contributed by atoms with Crippen molar-refractivity contribution in [1.29, 1.82) is 0 Å². The van der Waals surface area contributed by atoms with Gasteiger partial charge in [0, 0.05) is 29.0 Å². The molecule has 0 saturated carbocycles. The predicted octanol–water partition coefficient (Wildman–Crippen LogP) is 3.79. The van der Waals surface area contributed by atoms with Gasteiger partial charge in [-0.2, -0.15) is 0 Å². The van der Waals surface area contributed by atoms with Gasteiger partial charge in [0.05, 0.1) is 11.3 Å². The smallest absolute Gasteiger partial charge is 0.257 e. The Kier molecular flexibility index (Phi) is 3.36. The van der Waals surface area contributed by atoms with Crippen LogP contribution < -0.4 is 10.9 Å². The molecule has 0 unspecified atom stereocenters. The van der Waals surface area contributed by atoms with Gasteiger partial charge in [-0.05, 0) is 29.7 Å². The highest BCUT2D eigenvalue weighted by Gasteiger charge is 2.10. The molecule has 0 aliphatic rings. The SMILES string of the molecule is O=c1[nH]c2ccccc2cc1-c1csc(Nc2ccncc2)n1. The zero-order valence-corrected chi connectivity index (χ0v) is 12.8. The molecule has 5 nitrogen and oxygen atoms in total.